The van der Waals surface area contributed by atoms with Crippen LogP contribution in [0.5, 0.6) is 0 Å². The van der Waals surface area contributed by atoms with Gasteiger partial charge in [0, 0.05) is 6.42 Å². The number of aliphatic hydroxyl groups is 1. The summed E-state index contributed by atoms with van der Waals surface area (Å²) in [5.41, 5.74) is 0.483. The van der Waals surface area contributed by atoms with E-state index in [2.05, 4.69) is 25.9 Å². The highest BCUT2D eigenvalue weighted by Gasteiger charge is 2.45. The van der Waals surface area contributed by atoms with Crippen LogP contribution in [0.15, 0.2) is 16.5 Å². The van der Waals surface area contributed by atoms with Gasteiger partial charge >= 0.3 is 5.97 Å². The molecule has 0 aromatic carbocycles. The third-order valence-corrected chi connectivity index (χ3v) is 5.29. The topological polar surface area (TPSA) is 68.1 Å². The van der Waals surface area contributed by atoms with Gasteiger partial charge in [0.05, 0.1) is 5.71 Å². The Bertz CT molecular complexity index is 563. The third-order valence-electron chi connectivity index (χ3n) is 5.29. The number of carbonyl (C=O) groups is 1. The summed E-state index contributed by atoms with van der Waals surface area (Å²) in [6.07, 6.45) is 6.71. The largest absolute Gasteiger partial charge is 0.511 e. The number of hydrogen-bond donors (Lipinski definition) is 1. The number of esters is 1. The van der Waals surface area contributed by atoms with Gasteiger partial charge in [0.25, 0.3) is 0 Å². The fourth-order valence-corrected chi connectivity index (χ4v) is 4.23. The minimum Gasteiger partial charge on any atom is -0.511 e. The molecule has 0 saturated heterocycles. The molecule has 5 nitrogen and oxygen atoms in total. The van der Waals surface area contributed by atoms with E-state index >= 15 is 0 Å². The van der Waals surface area contributed by atoms with E-state index in [9.17, 15) is 9.90 Å². The van der Waals surface area contributed by atoms with E-state index in [0.717, 1.165) is 32.1 Å². The van der Waals surface area contributed by atoms with Crippen LogP contribution in [-0.2, 0) is 14.4 Å². The Morgan fingerprint density at radius 3 is 2.46 bits per heavy atom. The van der Waals surface area contributed by atoms with Gasteiger partial charge in [-0.25, -0.2) is 4.79 Å². The monoisotopic (exact) mass is 365 g/mol. The summed E-state index contributed by atoms with van der Waals surface area (Å²) in [6.45, 7) is 11.1. The standard InChI is InChI=1S/C21H35NO4/c1-6-8-16(22-25-7-2)18-17(23)14-21(26-19(18)24)11-9-15(10-12-21)13-20(3,4)5/h15,23H,6-14H2,1-5H3/b22-16-. The number of carbonyl (C=O) groups excluding carboxylic acids is 1. The second kappa shape index (κ2) is 8.45. The van der Waals surface area contributed by atoms with Gasteiger partial charge in [-0.05, 0) is 56.8 Å². The summed E-state index contributed by atoms with van der Waals surface area (Å²) in [5, 5.41) is 14.7. The first kappa shape index (κ1) is 20.8. The van der Waals surface area contributed by atoms with Crippen molar-refractivity contribution in [1.82, 2.24) is 0 Å². The molecule has 5 heteroatoms. The van der Waals surface area contributed by atoms with Crippen molar-refractivity contribution >= 4 is 11.7 Å². The van der Waals surface area contributed by atoms with Gasteiger partial charge in [0.2, 0.25) is 0 Å². The highest BCUT2D eigenvalue weighted by Crippen LogP contribution is 2.45. The minimum absolute atomic E-state index is 0.113. The van der Waals surface area contributed by atoms with Crippen molar-refractivity contribution in [3.8, 4) is 0 Å². The molecule has 1 aliphatic carbocycles. The molecule has 0 aromatic rings. The Balaban J connectivity index is 2.12. The van der Waals surface area contributed by atoms with Crippen molar-refractivity contribution in [1.29, 1.82) is 0 Å². The zero-order chi connectivity index (χ0) is 19.4. The van der Waals surface area contributed by atoms with E-state index < -0.39 is 11.6 Å². The Hall–Kier alpha value is -1.52. The molecular formula is C21H35NO4. The molecule has 1 spiro atoms. The molecule has 0 amide bonds. The van der Waals surface area contributed by atoms with Gasteiger partial charge in [0.15, 0.2) is 0 Å². The molecule has 148 valence electrons. The van der Waals surface area contributed by atoms with Gasteiger partial charge in [-0.3, -0.25) is 0 Å². The average Bonchev–Trinajstić information content (AvgIpc) is 2.53. The Morgan fingerprint density at radius 1 is 1.31 bits per heavy atom. The maximum Gasteiger partial charge on any atom is 0.344 e. The average molecular weight is 366 g/mol. The minimum atomic E-state index is -0.540. The van der Waals surface area contributed by atoms with Crippen LogP contribution < -0.4 is 0 Å². The summed E-state index contributed by atoms with van der Waals surface area (Å²) >= 11 is 0. The fraction of sp³-hybridized carbons (Fsp3) is 0.810. The Morgan fingerprint density at radius 2 is 1.96 bits per heavy atom. The molecule has 1 saturated carbocycles. The molecule has 0 bridgehead atoms. The molecule has 2 rings (SSSR count). The lowest BCUT2D eigenvalue weighted by atomic mass is 9.71. The van der Waals surface area contributed by atoms with Crippen molar-refractivity contribution in [2.75, 3.05) is 6.61 Å². The zero-order valence-electron chi connectivity index (χ0n) is 17.1. The van der Waals surface area contributed by atoms with E-state index in [1.165, 1.54) is 6.42 Å². The molecule has 0 atom stereocenters. The molecule has 0 radical (unpaired) electrons. The Labute approximate surface area is 157 Å². The molecule has 2 aliphatic rings. The number of hydrogen-bond acceptors (Lipinski definition) is 5. The van der Waals surface area contributed by atoms with E-state index in [1.807, 2.05) is 13.8 Å². The predicted octanol–water partition coefficient (Wildman–Crippen LogP) is 5.30. The van der Waals surface area contributed by atoms with Crippen molar-refractivity contribution < 1.29 is 19.5 Å². The molecule has 0 unspecified atom stereocenters. The molecule has 1 aliphatic heterocycles. The summed E-state index contributed by atoms with van der Waals surface area (Å²) in [5.74, 6) is 0.333. The van der Waals surface area contributed by atoms with Gasteiger partial charge in [0.1, 0.15) is 23.5 Å². The van der Waals surface area contributed by atoms with Crippen LogP contribution in [0.4, 0.5) is 0 Å². The number of nitrogens with zero attached hydrogens (tertiary/aromatic N) is 1. The normalized spacial score (nSPS) is 27.7. The van der Waals surface area contributed by atoms with Crippen molar-refractivity contribution in [3.05, 3.63) is 11.3 Å². The van der Waals surface area contributed by atoms with Gasteiger partial charge in [-0.2, -0.15) is 0 Å². The SMILES string of the molecule is CCC/C(=N/OCC)C1=C(O)CC2(CCC(CC(C)(C)C)CC2)OC1=O. The van der Waals surface area contributed by atoms with Gasteiger partial charge in [-0.1, -0.05) is 39.3 Å². The van der Waals surface area contributed by atoms with E-state index in [-0.39, 0.29) is 11.3 Å². The van der Waals surface area contributed by atoms with Crippen LogP contribution in [0.1, 0.15) is 86.0 Å². The lowest BCUT2D eigenvalue weighted by Gasteiger charge is -2.43. The first-order valence-electron chi connectivity index (χ1n) is 10.0. The van der Waals surface area contributed by atoms with Crippen LogP contribution in [0.3, 0.4) is 0 Å². The van der Waals surface area contributed by atoms with Crippen molar-refractivity contribution in [2.24, 2.45) is 16.5 Å². The lowest BCUT2D eigenvalue weighted by Crippen LogP contribution is -2.44. The maximum absolute atomic E-state index is 12.7. The maximum atomic E-state index is 12.7. The Kier molecular flexibility index (Phi) is 6.75. The first-order valence-corrected chi connectivity index (χ1v) is 10.0. The lowest BCUT2D eigenvalue weighted by molar-refractivity contribution is -0.163. The third kappa shape index (κ3) is 5.24. The van der Waals surface area contributed by atoms with E-state index in [1.54, 1.807) is 0 Å². The van der Waals surface area contributed by atoms with Crippen LogP contribution >= 0.6 is 0 Å². The summed E-state index contributed by atoms with van der Waals surface area (Å²) in [4.78, 5) is 17.8. The van der Waals surface area contributed by atoms with Gasteiger partial charge < -0.3 is 14.7 Å². The number of ether oxygens (including phenoxy) is 1. The number of oxime groups is 1. The van der Waals surface area contributed by atoms with E-state index in [4.69, 9.17) is 9.57 Å². The van der Waals surface area contributed by atoms with Crippen LogP contribution in [0, 0.1) is 11.3 Å². The number of aliphatic hydroxyl groups excluding tert-OH is 1. The van der Waals surface area contributed by atoms with Crippen molar-refractivity contribution in [2.45, 2.75) is 91.6 Å². The molecule has 1 fully saturated rings. The quantitative estimate of drug-likeness (QED) is 0.394. The molecule has 26 heavy (non-hydrogen) atoms. The number of rotatable bonds is 6. The second-order valence-electron chi connectivity index (χ2n) is 8.98. The van der Waals surface area contributed by atoms with Crippen LogP contribution in [0.2, 0.25) is 0 Å². The van der Waals surface area contributed by atoms with Crippen LogP contribution in [0.25, 0.3) is 0 Å². The van der Waals surface area contributed by atoms with Crippen LogP contribution in [-0.4, -0.2) is 29.0 Å². The highest BCUT2D eigenvalue weighted by atomic mass is 16.6. The summed E-state index contributed by atoms with van der Waals surface area (Å²) in [6, 6.07) is 0. The molecular weight excluding hydrogens is 330 g/mol. The summed E-state index contributed by atoms with van der Waals surface area (Å²) < 4.78 is 5.89. The van der Waals surface area contributed by atoms with Crippen molar-refractivity contribution in [3.63, 3.8) is 0 Å². The highest BCUT2D eigenvalue weighted by molar-refractivity contribution is 6.20. The molecule has 1 N–H and O–H groups in total. The first-order chi connectivity index (χ1) is 12.2. The van der Waals surface area contributed by atoms with E-state index in [0.29, 0.717) is 36.5 Å². The van der Waals surface area contributed by atoms with Gasteiger partial charge in [-0.15, -0.1) is 0 Å². The smallest absolute Gasteiger partial charge is 0.344 e. The molecule has 1 heterocycles. The zero-order valence-corrected chi connectivity index (χ0v) is 17.1. The summed E-state index contributed by atoms with van der Waals surface area (Å²) in [7, 11) is 0. The predicted molar refractivity (Wildman–Crippen MR) is 103 cm³/mol. The second-order valence-corrected chi connectivity index (χ2v) is 8.98. The fourth-order valence-electron chi connectivity index (χ4n) is 4.23. The molecule has 0 aromatic heterocycles.